The maximum atomic E-state index is 10.2. The average Bonchev–Trinajstić information content (AvgIpc) is 2.73. The molecule has 0 saturated carbocycles. The lowest BCUT2D eigenvalue weighted by Crippen LogP contribution is -2.17. The van der Waals surface area contributed by atoms with E-state index >= 15 is 0 Å². The van der Waals surface area contributed by atoms with Crippen LogP contribution in [0.4, 0.5) is 0 Å². The molecule has 0 aliphatic carbocycles. The molecule has 0 aromatic heterocycles. The zero-order valence-corrected chi connectivity index (χ0v) is 17.2. The number of hydrogen-bond acceptors (Lipinski definition) is 4. The summed E-state index contributed by atoms with van der Waals surface area (Å²) in [5, 5.41) is 34.3. The molecule has 4 N–H and O–H groups in total. The summed E-state index contributed by atoms with van der Waals surface area (Å²) in [6, 6.07) is 16.6. The molecule has 0 fully saturated rings. The summed E-state index contributed by atoms with van der Waals surface area (Å²) in [5.74, 6) is -0.701. The maximum absolute atomic E-state index is 10.2. The number of carbonyl (C=O) groups is 2. The Balaban J connectivity index is 0.000000408. The second kappa shape index (κ2) is 15.2. The van der Waals surface area contributed by atoms with Crippen LogP contribution in [0.5, 0.6) is 0 Å². The Labute approximate surface area is 172 Å². The summed E-state index contributed by atoms with van der Waals surface area (Å²) in [7, 11) is 0. The molecule has 0 radical (unpaired) electrons. The third-order valence-corrected chi connectivity index (χ3v) is 4.53. The van der Waals surface area contributed by atoms with E-state index in [2.05, 4.69) is 20.8 Å². The Morgan fingerprint density at radius 3 is 1.34 bits per heavy atom. The van der Waals surface area contributed by atoms with Gasteiger partial charge in [0.05, 0.1) is 11.1 Å². The first-order chi connectivity index (χ1) is 13.7. The van der Waals surface area contributed by atoms with Gasteiger partial charge < -0.3 is 20.4 Å². The van der Waals surface area contributed by atoms with Gasteiger partial charge in [0, 0.05) is 6.42 Å². The predicted molar refractivity (Wildman–Crippen MR) is 113 cm³/mol. The van der Waals surface area contributed by atoms with Crippen LogP contribution in [-0.4, -0.2) is 38.7 Å². The Hall–Kier alpha value is -2.70. The summed E-state index contributed by atoms with van der Waals surface area (Å²) in [6.07, 6.45) is 1.54. The van der Waals surface area contributed by atoms with Crippen molar-refractivity contribution in [2.45, 2.75) is 46.3 Å². The lowest BCUT2D eigenvalue weighted by molar-refractivity contribution is -0.0611. The Morgan fingerprint density at radius 2 is 1.14 bits per heavy atom. The van der Waals surface area contributed by atoms with Gasteiger partial charge in [-0.3, -0.25) is 0 Å². The van der Waals surface area contributed by atoms with Crippen LogP contribution in [-0.2, 0) is 0 Å². The highest BCUT2D eigenvalue weighted by Gasteiger charge is 2.16. The van der Waals surface area contributed by atoms with Crippen molar-refractivity contribution < 1.29 is 30.0 Å². The third kappa shape index (κ3) is 12.4. The zero-order valence-electron chi connectivity index (χ0n) is 17.2. The van der Waals surface area contributed by atoms with Gasteiger partial charge in [0.25, 0.3) is 0 Å². The number of carboxylic acid groups (broad SMARTS) is 2. The van der Waals surface area contributed by atoms with Crippen molar-refractivity contribution in [3.63, 3.8) is 0 Å². The maximum Gasteiger partial charge on any atom is 0.335 e. The molecule has 0 aliphatic heterocycles. The molecule has 2 atom stereocenters. The minimum Gasteiger partial charge on any atom is -0.478 e. The van der Waals surface area contributed by atoms with Crippen LogP contribution in [0.1, 0.15) is 60.7 Å². The summed E-state index contributed by atoms with van der Waals surface area (Å²) in [4.78, 5) is 20.4. The van der Waals surface area contributed by atoms with Gasteiger partial charge in [-0.25, -0.2) is 9.59 Å². The molecular weight excluding hydrogens is 372 g/mol. The van der Waals surface area contributed by atoms with Crippen molar-refractivity contribution in [3.8, 4) is 0 Å². The van der Waals surface area contributed by atoms with Crippen LogP contribution >= 0.6 is 0 Å². The number of carboxylic acids is 2. The topological polar surface area (TPSA) is 115 Å². The van der Waals surface area contributed by atoms with E-state index in [0.717, 1.165) is 12.8 Å². The number of rotatable bonds is 7. The fourth-order valence-electron chi connectivity index (χ4n) is 2.57. The summed E-state index contributed by atoms with van der Waals surface area (Å²) >= 11 is 0. The Kier molecular flexibility index (Phi) is 13.8. The summed E-state index contributed by atoms with van der Waals surface area (Å²) in [6.45, 7) is 6.40. The van der Waals surface area contributed by atoms with Crippen molar-refractivity contribution in [2.24, 2.45) is 11.8 Å². The van der Waals surface area contributed by atoms with E-state index in [1.807, 2.05) is 0 Å². The van der Waals surface area contributed by atoms with Gasteiger partial charge >= 0.3 is 11.9 Å². The molecule has 0 aliphatic rings. The van der Waals surface area contributed by atoms with E-state index in [1.165, 1.54) is 0 Å². The van der Waals surface area contributed by atoms with Crippen LogP contribution in [0.2, 0.25) is 0 Å². The van der Waals surface area contributed by atoms with Gasteiger partial charge in [0.2, 0.25) is 0 Å². The van der Waals surface area contributed by atoms with Crippen molar-refractivity contribution in [2.75, 3.05) is 0 Å². The van der Waals surface area contributed by atoms with Crippen LogP contribution in [0.3, 0.4) is 0 Å². The Bertz CT molecular complexity index is 636. The van der Waals surface area contributed by atoms with Gasteiger partial charge in [-0.2, -0.15) is 0 Å². The number of aliphatic hydroxyl groups is 2. The molecule has 0 amide bonds. The van der Waals surface area contributed by atoms with Gasteiger partial charge in [-0.05, 0) is 36.1 Å². The van der Waals surface area contributed by atoms with Gasteiger partial charge in [-0.15, -0.1) is 0 Å². The molecule has 0 heterocycles. The average molecular weight is 405 g/mol. The van der Waals surface area contributed by atoms with E-state index in [1.54, 1.807) is 60.7 Å². The molecule has 29 heavy (non-hydrogen) atoms. The van der Waals surface area contributed by atoms with Crippen LogP contribution < -0.4 is 0 Å². The van der Waals surface area contributed by atoms with Crippen molar-refractivity contribution in [3.05, 3.63) is 71.8 Å². The third-order valence-electron chi connectivity index (χ3n) is 4.53. The van der Waals surface area contributed by atoms with Gasteiger partial charge in [-0.1, -0.05) is 70.0 Å². The van der Waals surface area contributed by atoms with Crippen LogP contribution in [0.25, 0.3) is 0 Å². The number of hydrogen-bond donors (Lipinski definition) is 4. The molecule has 0 bridgehead atoms. The SMILES string of the molecule is CCC(C)C(CC)CC(O)O.O=C(O)c1ccccc1.O=C(O)c1ccccc1. The second-order valence-corrected chi connectivity index (χ2v) is 6.61. The highest BCUT2D eigenvalue weighted by atomic mass is 16.5. The molecule has 2 unspecified atom stereocenters. The molecule has 6 nitrogen and oxygen atoms in total. The number of benzene rings is 2. The summed E-state index contributed by atoms with van der Waals surface area (Å²) < 4.78 is 0. The molecule has 160 valence electrons. The summed E-state index contributed by atoms with van der Waals surface area (Å²) in [5.41, 5.74) is 0.662. The zero-order chi connectivity index (χ0) is 22.2. The lowest BCUT2D eigenvalue weighted by atomic mass is 9.87. The molecule has 6 heteroatoms. The molecule has 2 rings (SSSR count). The van der Waals surface area contributed by atoms with E-state index in [0.29, 0.717) is 29.4 Å². The van der Waals surface area contributed by atoms with E-state index < -0.39 is 18.2 Å². The monoisotopic (exact) mass is 404 g/mol. The first-order valence-corrected chi connectivity index (χ1v) is 9.65. The Morgan fingerprint density at radius 1 is 0.759 bits per heavy atom. The molecule has 0 spiro atoms. The number of aliphatic hydroxyl groups excluding tert-OH is 1. The minimum absolute atomic E-state index is 0.331. The fourth-order valence-corrected chi connectivity index (χ4v) is 2.57. The number of aromatic carboxylic acids is 2. The first-order valence-electron chi connectivity index (χ1n) is 9.65. The smallest absolute Gasteiger partial charge is 0.335 e. The largest absolute Gasteiger partial charge is 0.478 e. The van der Waals surface area contributed by atoms with E-state index in [9.17, 15) is 9.59 Å². The van der Waals surface area contributed by atoms with E-state index in [-0.39, 0.29) is 0 Å². The van der Waals surface area contributed by atoms with Crippen molar-refractivity contribution >= 4 is 11.9 Å². The fraction of sp³-hybridized carbons (Fsp3) is 0.391. The molecule has 2 aromatic carbocycles. The minimum atomic E-state index is -1.13. The molecular formula is C23H32O6. The van der Waals surface area contributed by atoms with E-state index in [4.69, 9.17) is 20.4 Å². The predicted octanol–water partition coefficient (Wildman–Crippen LogP) is 4.53. The van der Waals surface area contributed by atoms with Crippen LogP contribution in [0, 0.1) is 11.8 Å². The van der Waals surface area contributed by atoms with Crippen LogP contribution in [0.15, 0.2) is 60.7 Å². The highest BCUT2D eigenvalue weighted by Crippen LogP contribution is 2.22. The molecule has 0 saturated heterocycles. The van der Waals surface area contributed by atoms with Crippen molar-refractivity contribution in [1.82, 2.24) is 0 Å². The van der Waals surface area contributed by atoms with Crippen molar-refractivity contribution in [1.29, 1.82) is 0 Å². The standard InChI is InChI=1S/C9H20O2.2C7H6O2/c1-4-7(3)8(5-2)6-9(10)11;2*8-7(9)6-4-2-1-3-5-6/h7-11H,4-6H2,1-3H3;2*1-5H,(H,8,9). The first kappa shape index (κ1) is 26.3. The molecule has 2 aromatic rings. The lowest BCUT2D eigenvalue weighted by Gasteiger charge is -2.21. The van der Waals surface area contributed by atoms with Gasteiger partial charge in [0.1, 0.15) is 0 Å². The second-order valence-electron chi connectivity index (χ2n) is 6.61. The van der Waals surface area contributed by atoms with Gasteiger partial charge in [0.15, 0.2) is 6.29 Å². The quantitative estimate of drug-likeness (QED) is 0.504. The highest BCUT2D eigenvalue weighted by molar-refractivity contribution is 5.87. The normalized spacial score (nSPS) is 11.9.